The van der Waals surface area contributed by atoms with Crippen LogP contribution in [0.5, 0.6) is 0 Å². The van der Waals surface area contributed by atoms with Gasteiger partial charge in [0.25, 0.3) is 0 Å². The molecule has 2 aromatic rings. The molecule has 10 heteroatoms. The quantitative estimate of drug-likeness (QED) is 0.131. The highest BCUT2D eigenvalue weighted by Gasteiger charge is 2.48. The first-order chi connectivity index (χ1) is 20.7. The number of carbonyl (C=O) groups is 1. The van der Waals surface area contributed by atoms with Crippen LogP contribution in [-0.4, -0.2) is 56.5 Å². The van der Waals surface area contributed by atoms with Crippen LogP contribution >= 0.6 is 24.0 Å². The van der Waals surface area contributed by atoms with Crippen LogP contribution in [0.4, 0.5) is 0 Å². The second kappa shape index (κ2) is 14.9. The summed E-state index contributed by atoms with van der Waals surface area (Å²) in [7, 11) is -4.55. The molecule has 0 saturated carbocycles. The normalized spacial score (nSPS) is 18.3. The SMILES string of the molecule is CSC(=S)OC(c1ccc(CO[Si](C)(C)C(C)(C)C)c2ccccc12)[C@@H]1CCCN1O[Si](C)(C)C(C(=O)OC(C)(C)C)C(C)C. The fourth-order valence-electron chi connectivity index (χ4n) is 6.00. The number of thioether (sulfide) groups is 1. The monoisotopic (exact) mass is 691 g/mol. The summed E-state index contributed by atoms with van der Waals surface area (Å²) in [5, 5.41) is 4.54. The Labute approximate surface area is 284 Å². The first kappa shape index (κ1) is 38.2. The van der Waals surface area contributed by atoms with Gasteiger partial charge in [0.1, 0.15) is 11.7 Å². The lowest BCUT2D eigenvalue weighted by Crippen LogP contribution is -2.51. The molecule has 0 bridgehead atoms. The largest absolute Gasteiger partial charge is 0.469 e. The zero-order valence-electron chi connectivity index (χ0n) is 29.9. The Hall–Kier alpha value is -1.28. The number of rotatable bonds is 11. The van der Waals surface area contributed by atoms with Gasteiger partial charge in [-0.2, -0.15) is 5.06 Å². The molecule has 6 nitrogen and oxygen atoms in total. The van der Waals surface area contributed by atoms with Gasteiger partial charge in [-0.05, 0) is 106 Å². The number of ether oxygens (including phenoxy) is 2. The average Bonchev–Trinajstić information content (AvgIpc) is 3.35. The molecule has 0 spiro atoms. The van der Waals surface area contributed by atoms with E-state index in [-0.39, 0.29) is 34.6 Å². The molecule has 1 fully saturated rings. The molecule has 1 aliphatic heterocycles. The lowest BCUT2D eigenvalue weighted by Gasteiger charge is -2.40. The number of benzene rings is 2. The standard InChI is InChI=1S/C35H57NO5S2Si2/c1-24(2)31(32(37)40-34(3,4)5)44(10,11)41-36-22-16-19-29(36)30(39-33(42)43-9)28-21-20-25(26-17-14-15-18-27(26)28)23-38-45(12,13)35(6,7)8/h14-15,17-18,20-21,24,29-31H,16,19,22-23H2,1-13H3/t29-,30?,31?/m0/s1. The highest BCUT2D eigenvalue weighted by Crippen LogP contribution is 2.42. The molecule has 0 aliphatic carbocycles. The Morgan fingerprint density at radius 2 is 1.64 bits per heavy atom. The van der Waals surface area contributed by atoms with Crippen molar-refractivity contribution in [2.45, 2.75) is 129 Å². The minimum Gasteiger partial charge on any atom is -0.469 e. The maximum atomic E-state index is 13.5. The van der Waals surface area contributed by atoms with Gasteiger partial charge in [0.05, 0.1) is 18.2 Å². The molecule has 1 heterocycles. The van der Waals surface area contributed by atoms with E-state index in [0.29, 0.717) is 11.0 Å². The van der Waals surface area contributed by atoms with Gasteiger partial charge in [-0.1, -0.05) is 82.8 Å². The van der Waals surface area contributed by atoms with E-state index >= 15 is 0 Å². The Kier molecular flexibility index (Phi) is 12.6. The van der Waals surface area contributed by atoms with Crippen molar-refractivity contribution in [2.24, 2.45) is 5.92 Å². The minimum atomic E-state index is -2.62. The van der Waals surface area contributed by atoms with Gasteiger partial charge >= 0.3 is 5.97 Å². The molecule has 1 saturated heterocycles. The number of nitrogens with zero attached hydrogens (tertiary/aromatic N) is 1. The van der Waals surface area contributed by atoms with Crippen molar-refractivity contribution in [1.29, 1.82) is 0 Å². The molecular weight excluding hydrogens is 635 g/mol. The summed E-state index contributed by atoms with van der Waals surface area (Å²) in [6.45, 7) is 26.9. The molecule has 3 atom stereocenters. The zero-order valence-corrected chi connectivity index (χ0v) is 33.5. The first-order valence-electron chi connectivity index (χ1n) is 16.3. The summed E-state index contributed by atoms with van der Waals surface area (Å²) < 4.78 is 26.6. The summed E-state index contributed by atoms with van der Waals surface area (Å²) >= 11 is 7.10. The Balaban J connectivity index is 2.01. The van der Waals surface area contributed by atoms with Crippen molar-refractivity contribution in [3.8, 4) is 0 Å². The van der Waals surface area contributed by atoms with Gasteiger partial charge in [0, 0.05) is 12.1 Å². The molecule has 252 valence electrons. The molecule has 3 rings (SSSR count). The fourth-order valence-corrected chi connectivity index (χ4v) is 10.4. The van der Waals surface area contributed by atoms with E-state index in [0.717, 1.165) is 30.3 Å². The van der Waals surface area contributed by atoms with E-state index < -0.39 is 22.2 Å². The second-order valence-electron chi connectivity index (χ2n) is 15.7. The maximum Gasteiger partial charge on any atom is 0.309 e. The van der Waals surface area contributed by atoms with Crippen molar-refractivity contribution in [3.63, 3.8) is 0 Å². The Morgan fingerprint density at radius 3 is 2.20 bits per heavy atom. The topological polar surface area (TPSA) is 57.2 Å². The van der Waals surface area contributed by atoms with Crippen LogP contribution in [0.15, 0.2) is 36.4 Å². The first-order valence-corrected chi connectivity index (χ1v) is 23.8. The van der Waals surface area contributed by atoms with E-state index in [4.69, 9.17) is 30.6 Å². The number of thiocarbonyl (C=S) groups is 1. The third-order valence-electron chi connectivity index (χ3n) is 9.17. The average molecular weight is 692 g/mol. The molecule has 0 radical (unpaired) electrons. The van der Waals surface area contributed by atoms with Gasteiger partial charge in [-0.25, -0.2) is 0 Å². The maximum absolute atomic E-state index is 13.5. The Morgan fingerprint density at radius 1 is 1.02 bits per heavy atom. The minimum absolute atomic E-state index is 0.0638. The van der Waals surface area contributed by atoms with Gasteiger partial charge in [-0.15, -0.1) is 0 Å². The van der Waals surface area contributed by atoms with Crippen LogP contribution in [0.25, 0.3) is 10.8 Å². The van der Waals surface area contributed by atoms with Crippen LogP contribution in [0.3, 0.4) is 0 Å². The van der Waals surface area contributed by atoms with Crippen LogP contribution in [0.1, 0.15) is 85.5 Å². The number of hydrogen-bond donors (Lipinski definition) is 0. The second-order valence-corrected chi connectivity index (χ2v) is 25.9. The van der Waals surface area contributed by atoms with Crippen molar-refractivity contribution in [2.75, 3.05) is 12.8 Å². The van der Waals surface area contributed by atoms with Gasteiger partial charge in [-0.3, -0.25) is 4.79 Å². The number of hydrogen-bond acceptors (Lipinski definition) is 8. The fraction of sp³-hybridized carbons (Fsp3) is 0.657. The highest BCUT2D eigenvalue weighted by atomic mass is 32.2. The number of esters is 1. The van der Waals surface area contributed by atoms with Crippen molar-refractivity contribution >= 4 is 61.7 Å². The van der Waals surface area contributed by atoms with E-state index in [1.807, 2.05) is 27.0 Å². The molecule has 1 aliphatic rings. The van der Waals surface area contributed by atoms with Crippen LogP contribution in [-0.2, 0) is 29.8 Å². The lowest BCUT2D eigenvalue weighted by molar-refractivity contribution is -0.158. The summed E-state index contributed by atoms with van der Waals surface area (Å²) in [4.78, 5) is 13.5. The molecule has 2 aromatic carbocycles. The predicted molar refractivity (Wildman–Crippen MR) is 199 cm³/mol. The van der Waals surface area contributed by atoms with Gasteiger partial charge < -0.3 is 18.4 Å². The Bertz CT molecular complexity index is 1340. The molecular formula is C35H57NO5S2Si2. The molecule has 0 N–H and O–H groups in total. The van der Waals surface area contributed by atoms with Crippen molar-refractivity contribution in [3.05, 3.63) is 47.5 Å². The van der Waals surface area contributed by atoms with Crippen LogP contribution in [0.2, 0.25) is 36.8 Å². The summed E-state index contributed by atoms with van der Waals surface area (Å²) in [5.41, 5.74) is 1.40. The summed E-state index contributed by atoms with van der Waals surface area (Å²) in [6.07, 6.45) is 3.48. The molecule has 45 heavy (non-hydrogen) atoms. The predicted octanol–water partition coefficient (Wildman–Crippen LogP) is 10.0. The van der Waals surface area contributed by atoms with Gasteiger partial charge in [0.2, 0.25) is 12.7 Å². The van der Waals surface area contributed by atoms with Gasteiger partial charge in [0.15, 0.2) is 8.32 Å². The van der Waals surface area contributed by atoms with Crippen molar-refractivity contribution < 1.29 is 23.2 Å². The number of fused-ring (bicyclic) bond motifs is 1. The van der Waals surface area contributed by atoms with Crippen LogP contribution < -0.4 is 0 Å². The summed E-state index contributed by atoms with van der Waals surface area (Å²) in [6, 6.07) is 12.9. The number of carbonyl (C=O) groups excluding carboxylic acids is 1. The van der Waals surface area contributed by atoms with E-state index in [9.17, 15) is 4.79 Å². The molecule has 0 amide bonds. The smallest absolute Gasteiger partial charge is 0.309 e. The zero-order chi connectivity index (χ0) is 34.0. The van der Waals surface area contributed by atoms with E-state index in [1.165, 1.54) is 22.7 Å². The third kappa shape index (κ3) is 9.64. The summed E-state index contributed by atoms with van der Waals surface area (Å²) in [5.74, 6) is -0.0912. The third-order valence-corrected chi connectivity index (χ3v) is 17.8. The lowest BCUT2D eigenvalue weighted by atomic mass is 9.93. The van der Waals surface area contributed by atoms with Crippen LogP contribution in [0, 0.1) is 5.92 Å². The van der Waals surface area contributed by atoms with Crippen molar-refractivity contribution in [1.82, 2.24) is 5.06 Å². The molecule has 2 unspecified atom stereocenters. The van der Waals surface area contributed by atoms with E-state index in [2.05, 4.69) is 102 Å². The highest BCUT2D eigenvalue weighted by molar-refractivity contribution is 8.22. The van der Waals surface area contributed by atoms with E-state index in [1.54, 1.807) is 0 Å². The number of hydroxylamine groups is 2. The molecule has 0 aromatic heterocycles.